The summed E-state index contributed by atoms with van der Waals surface area (Å²) in [6.07, 6.45) is 3.51. The molecule has 0 spiro atoms. The van der Waals surface area contributed by atoms with Crippen molar-refractivity contribution in [1.82, 2.24) is 9.80 Å². The lowest BCUT2D eigenvalue weighted by atomic mass is 10.0. The average molecular weight is 370 g/mol. The fourth-order valence-electron chi connectivity index (χ4n) is 3.33. The quantitative estimate of drug-likeness (QED) is 0.841. The molecule has 7 heteroatoms. The van der Waals surface area contributed by atoms with E-state index in [0.717, 1.165) is 25.9 Å². The van der Waals surface area contributed by atoms with E-state index in [0.29, 0.717) is 22.6 Å². The highest BCUT2D eigenvalue weighted by Gasteiger charge is 2.25. The average Bonchev–Trinajstić information content (AvgIpc) is 3.17. The van der Waals surface area contributed by atoms with Crippen molar-refractivity contribution in [3.8, 4) is 0 Å². The third-order valence-corrected chi connectivity index (χ3v) is 4.97. The molecule has 0 aliphatic carbocycles. The van der Waals surface area contributed by atoms with E-state index in [1.165, 1.54) is 6.26 Å². The van der Waals surface area contributed by atoms with E-state index in [2.05, 4.69) is 17.3 Å². The molecular formula is C20H26N4O3. The molecule has 3 rings (SSSR count). The number of carbonyl (C=O) groups is 2. The van der Waals surface area contributed by atoms with Gasteiger partial charge in [0.1, 0.15) is 12.0 Å². The maximum Gasteiger partial charge on any atom is 0.258 e. The number of nitrogens with zero attached hydrogens (tertiary/aromatic N) is 2. The minimum absolute atomic E-state index is 0.00408. The van der Waals surface area contributed by atoms with E-state index >= 15 is 0 Å². The van der Waals surface area contributed by atoms with E-state index in [9.17, 15) is 9.59 Å². The second-order valence-corrected chi connectivity index (χ2v) is 7.01. The number of nitrogens with one attached hydrogen (secondary N) is 1. The maximum absolute atomic E-state index is 12.7. The molecule has 2 heterocycles. The van der Waals surface area contributed by atoms with Gasteiger partial charge < -0.3 is 25.3 Å². The first kappa shape index (κ1) is 19.1. The van der Waals surface area contributed by atoms with E-state index in [1.807, 2.05) is 11.9 Å². The Hall–Kier alpha value is -2.64. The summed E-state index contributed by atoms with van der Waals surface area (Å²) in [5, 5.41) is 2.79. The predicted octanol–water partition coefficient (Wildman–Crippen LogP) is 2.16. The van der Waals surface area contributed by atoms with Crippen LogP contribution in [0.1, 0.15) is 39.3 Å². The van der Waals surface area contributed by atoms with Crippen LogP contribution in [0.2, 0.25) is 0 Å². The number of nitrogens with two attached hydrogens (primary N) is 1. The number of benzene rings is 1. The lowest BCUT2D eigenvalue weighted by molar-refractivity contribution is 0.0644. The van der Waals surface area contributed by atoms with Crippen LogP contribution in [0.15, 0.2) is 41.0 Å². The van der Waals surface area contributed by atoms with Crippen LogP contribution < -0.4 is 11.1 Å². The van der Waals surface area contributed by atoms with Gasteiger partial charge in [-0.1, -0.05) is 0 Å². The molecule has 1 fully saturated rings. The summed E-state index contributed by atoms with van der Waals surface area (Å²) >= 11 is 0. The van der Waals surface area contributed by atoms with Gasteiger partial charge in [-0.3, -0.25) is 9.59 Å². The number of amides is 2. The highest BCUT2D eigenvalue weighted by molar-refractivity contribution is 6.04. The molecule has 7 nitrogen and oxygen atoms in total. The molecule has 0 saturated carbocycles. The summed E-state index contributed by atoms with van der Waals surface area (Å²) in [7, 11) is 3.94. The van der Waals surface area contributed by atoms with Crippen molar-refractivity contribution in [2.45, 2.75) is 25.4 Å². The number of hydrogen-bond donors (Lipinski definition) is 2. The number of anilines is 1. The van der Waals surface area contributed by atoms with Gasteiger partial charge in [-0.15, -0.1) is 0 Å². The summed E-state index contributed by atoms with van der Waals surface area (Å²) in [6.45, 7) is 2.22. The zero-order chi connectivity index (χ0) is 19.4. The molecular weight excluding hydrogens is 344 g/mol. The fourth-order valence-corrected chi connectivity index (χ4v) is 3.33. The van der Waals surface area contributed by atoms with Gasteiger partial charge in [-0.05, 0) is 56.8 Å². The molecule has 0 radical (unpaired) electrons. The number of rotatable bonds is 5. The lowest BCUT2D eigenvalue weighted by Crippen LogP contribution is -2.47. The van der Waals surface area contributed by atoms with Crippen molar-refractivity contribution >= 4 is 17.5 Å². The summed E-state index contributed by atoms with van der Waals surface area (Å²) in [4.78, 5) is 29.0. The summed E-state index contributed by atoms with van der Waals surface area (Å²) in [5.74, 6) is 0.271. The first-order chi connectivity index (χ1) is 13.0. The fraction of sp³-hybridized carbons (Fsp3) is 0.400. The molecule has 1 atom stereocenters. The lowest BCUT2D eigenvalue weighted by Gasteiger charge is -2.35. The third kappa shape index (κ3) is 4.56. The van der Waals surface area contributed by atoms with E-state index in [1.54, 1.807) is 30.3 Å². The number of furan rings is 1. The first-order valence-corrected chi connectivity index (χ1v) is 9.12. The van der Waals surface area contributed by atoms with Crippen molar-refractivity contribution in [1.29, 1.82) is 0 Å². The minimum atomic E-state index is -0.278. The second-order valence-electron chi connectivity index (χ2n) is 7.01. The van der Waals surface area contributed by atoms with Crippen LogP contribution >= 0.6 is 0 Å². The predicted molar refractivity (Wildman–Crippen MR) is 104 cm³/mol. The summed E-state index contributed by atoms with van der Waals surface area (Å²) < 4.78 is 5.18. The van der Waals surface area contributed by atoms with Crippen molar-refractivity contribution in [3.05, 3.63) is 53.5 Å². The largest absolute Gasteiger partial charge is 0.467 e. The van der Waals surface area contributed by atoms with Crippen LogP contribution in [0, 0.1) is 0 Å². The summed E-state index contributed by atoms with van der Waals surface area (Å²) in [5.41, 5.74) is 7.12. The van der Waals surface area contributed by atoms with Gasteiger partial charge in [0.25, 0.3) is 11.8 Å². The summed E-state index contributed by atoms with van der Waals surface area (Å²) in [6, 6.07) is 8.78. The first-order valence-electron chi connectivity index (χ1n) is 9.12. The van der Waals surface area contributed by atoms with Crippen LogP contribution in [0.3, 0.4) is 0 Å². The molecule has 27 heavy (non-hydrogen) atoms. The van der Waals surface area contributed by atoms with Gasteiger partial charge in [-0.2, -0.15) is 0 Å². The number of likely N-dealkylation sites (N-methyl/N-ethyl adjacent to an activating group) is 2. The van der Waals surface area contributed by atoms with Gasteiger partial charge >= 0.3 is 0 Å². The SMILES string of the molecule is CN1CCCC(N(C)C(=O)c2ccc(NC(=O)c3coc(CN)c3)cc2)C1. The topological polar surface area (TPSA) is 91.8 Å². The number of piperidine rings is 1. The van der Waals surface area contributed by atoms with Gasteiger partial charge in [-0.25, -0.2) is 0 Å². The Morgan fingerprint density at radius 3 is 2.67 bits per heavy atom. The second kappa shape index (κ2) is 8.37. The molecule has 1 aliphatic heterocycles. The van der Waals surface area contributed by atoms with Crippen LogP contribution in [0.5, 0.6) is 0 Å². The molecule has 1 saturated heterocycles. The van der Waals surface area contributed by atoms with Crippen molar-refractivity contribution < 1.29 is 14.0 Å². The molecule has 144 valence electrons. The highest BCUT2D eigenvalue weighted by atomic mass is 16.3. The van der Waals surface area contributed by atoms with Crippen molar-refractivity contribution in [2.75, 3.05) is 32.5 Å². The molecule has 1 aromatic heterocycles. The van der Waals surface area contributed by atoms with Crippen LogP contribution in [-0.4, -0.2) is 54.8 Å². The Morgan fingerprint density at radius 2 is 2.04 bits per heavy atom. The molecule has 1 aromatic carbocycles. The normalized spacial score (nSPS) is 17.5. The number of hydrogen-bond acceptors (Lipinski definition) is 5. The Morgan fingerprint density at radius 1 is 1.30 bits per heavy atom. The zero-order valence-corrected chi connectivity index (χ0v) is 15.8. The Bertz CT molecular complexity index is 800. The van der Waals surface area contributed by atoms with Gasteiger partial charge in [0.15, 0.2) is 0 Å². The minimum Gasteiger partial charge on any atom is -0.467 e. The highest BCUT2D eigenvalue weighted by Crippen LogP contribution is 2.18. The monoisotopic (exact) mass is 370 g/mol. The van der Waals surface area contributed by atoms with Crippen molar-refractivity contribution in [3.63, 3.8) is 0 Å². The zero-order valence-electron chi connectivity index (χ0n) is 15.8. The maximum atomic E-state index is 12.7. The smallest absolute Gasteiger partial charge is 0.258 e. The van der Waals surface area contributed by atoms with E-state index in [4.69, 9.17) is 10.2 Å². The van der Waals surface area contributed by atoms with E-state index < -0.39 is 0 Å². The molecule has 3 N–H and O–H groups in total. The standard InChI is InChI=1S/C20H26N4O3/c1-23-9-3-4-17(12-23)24(2)20(26)14-5-7-16(8-6-14)22-19(25)15-10-18(11-21)27-13-15/h5-8,10,13,17H,3-4,9,11-12,21H2,1-2H3,(H,22,25). The van der Waals surface area contributed by atoms with Gasteiger partial charge in [0, 0.05) is 30.9 Å². The van der Waals surface area contributed by atoms with E-state index in [-0.39, 0.29) is 24.4 Å². The number of carbonyl (C=O) groups excluding carboxylic acids is 2. The molecule has 0 bridgehead atoms. The van der Waals surface area contributed by atoms with Gasteiger partial charge in [0.05, 0.1) is 12.1 Å². The Labute approximate surface area is 159 Å². The van der Waals surface area contributed by atoms with Crippen molar-refractivity contribution in [2.24, 2.45) is 5.73 Å². The van der Waals surface area contributed by atoms with Crippen LogP contribution in [-0.2, 0) is 6.54 Å². The Kier molecular flexibility index (Phi) is 5.93. The molecule has 1 unspecified atom stereocenters. The Balaban J connectivity index is 1.62. The van der Waals surface area contributed by atoms with Crippen LogP contribution in [0.25, 0.3) is 0 Å². The molecule has 1 aliphatic rings. The van der Waals surface area contributed by atoms with Crippen LogP contribution in [0.4, 0.5) is 5.69 Å². The third-order valence-electron chi connectivity index (χ3n) is 4.97. The molecule has 2 amide bonds. The number of likely N-dealkylation sites (tertiary alicyclic amines) is 1. The van der Waals surface area contributed by atoms with Gasteiger partial charge in [0.2, 0.25) is 0 Å². The molecule has 2 aromatic rings.